The van der Waals surface area contributed by atoms with Crippen LogP contribution >= 0.6 is 0 Å². The van der Waals surface area contributed by atoms with E-state index < -0.39 is 0 Å². The van der Waals surface area contributed by atoms with Gasteiger partial charge in [-0.15, -0.1) is 0 Å². The first-order valence-electron chi connectivity index (χ1n) is 8.04. The summed E-state index contributed by atoms with van der Waals surface area (Å²) in [6.45, 7) is 2.10. The van der Waals surface area contributed by atoms with Gasteiger partial charge in [-0.25, -0.2) is 0 Å². The monoisotopic (exact) mass is 326 g/mol. The highest BCUT2D eigenvalue weighted by Crippen LogP contribution is 2.32. The number of nitrogens with zero attached hydrogens (tertiary/aromatic N) is 1. The molecule has 1 atom stereocenters. The Hall–Kier alpha value is -2.53. The second-order valence-corrected chi connectivity index (χ2v) is 5.66. The summed E-state index contributed by atoms with van der Waals surface area (Å²) in [5, 5.41) is 3.37. The zero-order valence-electron chi connectivity index (χ0n) is 14.0. The van der Waals surface area contributed by atoms with E-state index in [1.807, 2.05) is 53.4 Å². The van der Waals surface area contributed by atoms with Crippen molar-refractivity contribution in [3.05, 3.63) is 59.7 Å². The van der Waals surface area contributed by atoms with Crippen LogP contribution < -0.4 is 14.8 Å². The second-order valence-electron chi connectivity index (χ2n) is 5.66. The van der Waals surface area contributed by atoms with Crippen molar-refractivity contribution >= 4 is 5.91 Å². The molecule has 5 nitrogen and oxygen atoms in total. The minimum Gasteiger partial charge on any atom is -0.496 e. The number of hydrogen-bond donors (Lipinski definition) is 1. The van der Waals surface area contributed by atoms with Gasteiger partial charge in [0.25, 0.3) is 5.91 Å². The molecule has 0 spiro atoms. The van der Waals surface area contributed by atoms with Crippen LogP contribution in [0.5, 0.6) is 11.5 Å². The lowest BCUT2D eigenvalue weighted by molar-refractivity contribution is 0.0628. The van der Waals surface area contributed by atoms with E-state index in [0.717, 1.165) is 17.9 Å². The zero-order valence-corrected chi connectivity index (χ0v) is 14.0. The molecular weight excluding hydrogens is 304 g/mol. The molecule has 2 aromatic rings. The first kappa shape index (κ1) is 16.3. The van der Waals surface area contributed by atoms with Crippen molar-refractivity contribution < 1.29 is 14.3 Å². The lowest BCUT2D eigenvalue weighted by Gasteiger charge is -2.37. The van der Waals surface area contributed by atoms with Crippen LogP contribution in [0.2, 0.25) is 0 Å². The molecular formula is C19H22N2O3. The Bertz CT molecular complexity index is 717. The van der Waals surface area contributed by atoms with Gasteiger partial charge >= 0.3 is 0 Å². The van der Waals surface area contributed by atoms with E-state index in [1.54, 1.807) is 14.2 Å². The van der Waals surface area contributed by atoms with E-state index >= 15 is 0 Å². The van der Waals surface area contributed by atoms with Crippen molar-refractivity contribution in [2.24, 2.45) is 0 Å². The fraction of sp³-hybridized carbons (Fsp3) is 0.316. The van der Waals surface area contributed by atoms with Gasteiger partial charge in [0.15, 0.2) is 0 Å². The van der Waals surface area contributed by atoms with Crippen LogP contribution in [-0.4, -0.2) is 44.7 Å². The molecule has 2 aromatic carbocycles. The fourth-order valence-electron chi connectivity index (χ4n) is 3.14. The molecule has 1 N–H and O–H groups in total. The molecule has 1 aliphatic rings. The summed E-state index contributed by atoms with van der Waals surface area (Å²) in [5.74, 6) is 1.37. The fourth-order valence-corrected chi connectivity index (χ4v) is 3.14. The summed E-state index contributed by atoms with van der Waals surface area (Å²) < 4.78 is 10.8. The average Bonchev–Trinajstić information content (AvgIpc) is 2.67. The number of carbonyl (C=O) groups is 1. The largest absolute Gasteiger partial charge is 0.496 e. The van der Waals surface area contributed by atoms with Crippen LogP contribution in [0.4, 0.5) is 0 Å². The third kappa shape index (κ3) is 3.08. The number of methoxy groups -OCH3 is 2. The van der Waals surface area contributed by atoms with Crippen molar-refractivity contribution in [1.82, 2.24) is 10.2 Å². The molecule has 1 aliphatic heterocycles. The molecule has 1 fully saturated rings. The maximum absolute atomic E-state index is 13.1. The van der Waals surface area contributed by atoms with Crippen LogP contribution in [0.1, 0.15) is 22.0 Å². The number of carbonyl (C=O) groups excluding carboxylic acids is 1. The van der Waals surface area contributed by atoms with Crippen molar-refractivity contribution in [1.29, 1.82) is 0 Å². The first-order valence-corrected chi connectivity index (χ1v) is 8.04. The lowest BCUT2D eigenvalue weighted by atomic mass is 10.0. The van der Waals surface area contributed by atoms with Gasteiger partial charge in [-0.2, -0.15) is 0 Å². The predicted molar refractivity (Wildman–Crippen MR) is 92.6 cm³/mol. The third-order valence-corrected chi connectivity index (χ3v) is 4.34. The van der Waals surface area contributed by atoms with Crippen LogP contribution in [0, 0.1) is 0 Å². The van der Waals surface area contributed by atoms with Crippen LogP contribution in [0.15, 0.2) is 48.5 Å². The number of para-hydroxylation sites is 2. The molecule has 3 rings (SSSR count). The van der Waals surface area contributed by atoms with Gasteiger partial charge in [-0.3, -0.25) is 4.79 Å². The Balaban J connectivity index is 1.96. The van der Waals surface area contributed by atoms with E-state index in [0.29, 0.717) is 24.4 Å². The Kier molecular flexibility index (Phi) is 5.01. The molecule has 24 heavy (non-hydrogen) atoms. The molecule has 0 unspecified atom stereocenters. The molecule has 1 saturated heterocycles. The van der Waals surface area contributed by atoms with Gasteiger partial charge in [0.05, 0.1) is 25.8 Å². The van der Waals surface area contributed by atoms with Crippen LogP contribution in [0.25, 0.3) is 0 Å². The minimum absolute atomic E-state index is 0.0233. The molecule has 1 heterocycles. The second kappa shape index (κ2) is 7.36. The number of hydrogen-bond acceptors (Lipinski definition) is 4. The predicted octanol–water partition coefficient (Wildman–Crippen LogP) is 2.49. The standard InChI is InChI=1S/C19H22N2O3/c1-23-17-9-5-3-7-14(17)16-13-20-11-12-21(16)19(22)15-8-4-6-10-18(15)24-2/h3-10,16,20H,11-13H2,1-2H3/t16-/m0/s1. The zero-order chi connectivity index (χ0) is 16.9. The van der Waals surface area contributed by atoms with Gasteiger partial charge in [-0.1, -0.05) is 30.3 Å². The first-order chi connectivity index (χ1) is 11.8. The molecule has 0 saturated carbocycles. The summed E-state index contributed by atoms with van der Waals surface area (Å²) in [6.07, 6.45) is 0. The van der Waals surface area contributed by atoms with Crippen molar-refractivity contribution in [3.63, 3.8) is 0 Å². The molecule has 0 radical (unpaired) electrons. The SMILES string of the molecule is COc1ccccc1C(=O)N1CCNC[C@H]1c1ccccc1OC. The molecule has 5 heteroatoms. The van der Waals surface area contributed by atoms with E-state index in [9.17, 15) is 4.79 Å². The summed E-state index contributed by atoms with van der Waals surface area (Å²) >= 11 is 0. The third-order valence-electron chi connectivity index (χ3n) is 4.34. The lowest BCUT2D eigenvalue weighted by Crippen LogP contribution is -2.48. The summed E-state index contributed by atoms with van der Waals surface area (Å²) in [7, 11) is 3.24. The van der Waals surface area contributed by atoms with E-state index in [1.165, 1.54) is 0 Å². The number of benzene rings is 2. The van der Waals surface area contributed by atoms with Crippen LogP contribution in [0.3, 0.4) is 0 Å². The highest BCUT2D eigenvalue weighted by molar-refractivity contribution is 5.97. The van der Waals surface area contributed by atoms with Gasteiger partial charge in [-0.05, 0) is 18.2 Å². The van der Waals surface area contributed by atoms with Crippen LogP contribution in [-0.2, 0) is 0 Å². The molecule has 0 bridgehead atoms. The maximum Gasteiger partial charge on any atom is 0.258 e. The Morgan fingerprint density at radius 2 is 1.71 bits per heavy atom. The van der Waals surface area contributed by atoms with Crippen molar-refractivity contribution in [2.75, 3.05) is 33.9 Å². The number of ether oxygens (including phenoxy) is 2. The Labute approximate surface area is 142 Å². The minimum atomic E-state index is -0.0766. The van der Waals surface area contributed by atoms with Gasteiger partial charge in [0, 0.05) is 25.2 Å². The smallest absolute Gasteiger partial charge is 0.258 e. The number of piperazine rings is 1. The molecule has 0 aliphatic carbocycles. The summed E-state index contributed by atoms with van der Waals surface area (Å²) in [4.78, 5) is 15.0. The quantitative estimate of drug-likeness (QED) is 0.938. The summed E-state index contributed by atoms with van der Waals surface area (Å²) in [5.41, 5.74) is 1.59. The topological polar surface area (TPSA) is 50.8 Å². The normalized spacial score (nSPS) is 17.4. The highest BCUT2D eigenvalue weighted by atomic mass is 16.5. The van der Waals surface area contributed by atoms with Gasteiger partial charge in [0.1, 0.15) is 11.5 Å². The van der Waals surface area contributed by atoms with E-state index in [4.69, 9.17) is 9.47 Å². The molecule has 1 amide bonds. The number of nitrogens with one attached hydrogen (secondary N) is 1. The highest BCUT2D eigenvalue weighted by Gasteiger charge is 2.31. The average molecular weight is 326 g/mol. The summed E-state index contributed by atoms with van der Waals surface area (Å²) in [6, 6.07) is 15.1. The van der Waals surface area contributed by atoms with E-state index in [2.05, 4.69) is 5.32 Å². The molecule has 0 aromatic heterocycles. The number of amides is 1. The molecule has 126 valence electrons. The van der Waals surface area contributed by atoms with Gasteiger partial charge < -0.3 is 19.7 Å². The van der Waals surface area contributed by atoms with Gasteiger partial charge in [0.2, 0.25) is 0 Å². The van der Waals surface area contributed by atoms with E-state index in [-0.39, 0.29) is 11.9 Å². The van der Waals surface area contributed by atoms with Crippen molar-refractivity contribution in [3.8, 4) is 11.5 Å². The van der Waals surface area contributed by atoms with Crippen molar-refractivity contribution in [2.45, 2.75) is 6.04 Å². The Morgan fingerprint density at radius 1 is 1.04 bits per heavy atom. The Morgan fingerprint density at radius 3 is 2.46 bits per heavy atom. The number of rotatable bonds is 4. The maximum atomic E-state index is 13.1.